The van der Waals surface area contributed by atoms with Crippen molar-refractivity contribution in [1.82, 2.24) is 10.3 Å². The van der Waals surface area contributed by atoms with Gasteiger partial charge in [0.2, 0.25) is 0 Å². The van der Waals surface area contributed by atoms with Crippen LogP contribution in [0.5, 0.6) is 0 Å². The summed E-state index contributed by atoms with van der Waals surface area (Å²) in [4.78, 5) is 4.68. The first-order chi connectivity index (χ1) is 8.74. The summed E-state index contributed by atoms with van der Waals surface area (Å²) < 4.78 is 7.22. The quantitative estimate of drug-likeness (QED) is 0.858. The molecule has 1 N–H and O–H groups in total. The maximum absolute atomic E-state index is 5.99. The zero-order valence-corrected chi connectivity index (χ0v) is 11.5. The van der Waals surface area contributed by atoms with Crippen molar-refractivity contribution in [2.45, 2.75) is 26.0 Å². The van der Waals surface area contributed by atoms with Crippen LogP contribution in [0.3, 0.4) is 0 Å². The average molecular weight is 262 g/mol. The molecule has 1 aliphatic rings. The topological polar surface area (TPSA) is 34.1 Å². The Bertz CT molecular complexity index is 494. The van der Waals surface area contributed by atoms with Crippen molar-refractivity contribution in [2.24, 2.45) is 5.92 Å². The van der Waals surface area contributed by atoms with Crippen LogP contribution in [0.25, 0.3) is 10.2 Å². The molecule has 0 bridgehead atoms. The summed E-state index contributed by atoms with van der Waals surface area (Å²) in [5, 5.41) is 4.62. The van der Waals surface area contributed by atoms with Gasteiger partial charge in [0.05, 0.1) is 16.8 Å². The molecule has 3 atom stereocenters. The molecule has 96 valence electrons. The molecule has 2 heterocycles. The van der Waals surface area contributed by atoms with E-state index in [-0.39, 0.29) is 6.10 Å². The van der Waals surface area contributed by atoms with Gasteiger partial charge in [-0.2, -0.15) is 0 Å². The van der Waals surface area contributed by atoms with Crippen LogP contribution >= 0.6 is 11.3 Å². The van der Waals surface area contributed by atoms with Gasteiger partial charge in [0, 0.05) is 12.6 Å². The number of rotatable bonds is 1. The Morgan fingerprint density at radius 1 is 1.33 bits per heavy atom. The van der Waals surface area contributed by atoms with Gasteiger partial charge >= 0.3 is 0 Å². The highest BCUT2D eigenvalue weighted by Gasteiger charge is 2.24. The maximum Gasteiger partial charge on any atom is 0.124 e. The van der Waals surface area contributed by atoms with Crippen LogP contribution in [0, 0.1) is 5.92 Å². The molecule has 2 aromatic rings. The first-order valence-electron chi connectivity index (χ1n) is 6.44. The fourth-order valence-electron chi connectivity index (χ4n) is 2.15. The van der Waals surface area contributed by atoms with E-state index in [1.807, 2.05) is 6.07 Å². The van der Waals surface area contributed by atoms with Crippen molar-refractivity contribution >= 4 is 21.6 Å². The predicted molar refractivity (Wildman–Crippen MR) is 74.9 cm³/mol. The first kappa shape index (κ1) is 12.1. The third-order valence-electron chi connectivity index (χ3n) is 3.62. The second-order valence-corrected chi connectivity index (χ2v) is 6.08. The number of hydrogen-bond donors (Lipinski definition) is 1. The van der Waals surface area contributed by atoms with Gasteiger partial charge in [0.25, 0.3) is 0 Å². The van der Waals surface area contributed by atoms with Gasteiger partial charge in [-0.25, -0.2) is 4.98 Å². The van der Waals surface area contributed by atoms with Gasteiger partial charge in [-0.05, 0) is 25.0 Å². The predicted octanol–water partition coefficient (Wildman–Crippen LogP) is 2.98. The van der Waals surface area contributed by atoms with Crippen LogP contribution in [-0.2, 0) is 4.74 Å². The average Bonchev–Trinajstić information content (AvgIpc) is 2.74. The van der Waals surface area contributed by atoms with E-state index in [2.05, 4.69) is 42.3 Å². The van der Waals surface area contributed by atoms with Crippen LogP contribution in [0.15, 0.2) is 24.3 Å². The zero-order valence-electron chi connectivity index (χ0n) is 10.7. The molecule has 0 radical (unpaired) electrons. The highest BCUT2D eigenvalue weighted by atomic mass is 32.1. The standard InChI is InChI=1S/C14H18N2OS/c1-9-8-17-12(7-15-10(9)2)14-16-11-5-3-4-6-13(11)18-14/h3-6,9-10,12,15H,7-8H2,1-2H3. The Balaban J connectivity index is 1.85. The summed E-state index contributed by atoms with van der Waals surface area (Å²) in [7, 11) is 0. The number of fused-ring (bicyclic) bond motifs is 1. The van der Waals surface area contributed by atoms with Crippen LogP contribution in [0.1, 0.15) is 25.0 Å². The van der Waals surface area contributed by atoms with Crippen molar-refractivity contribution in [3.63, 3.8) is 0 Å². The Hall–Kier alpha value is -0.970. The molecule has 4 heteroatoms. The number of hydrogen-bond acceptors (Lipinski definition) is 4. The molecule has 1 aromatic carbocycles. The molecule has 3 unspecified atom stereocenters. The van der Waals surface area contributed by atoms with E-state index < -0.39 is 0 Å². The Morgan fingerprint density at radius 2 is 2.17 bits per heavy atom. The molecule has 1 aromatic heterocycles. The molecule has 1 fully saturated rings. The van der Waals surface area contributed by atoms with Crippen LogP contribution < -0.4 is 5.32 Å². The number of para-hydroxylation sites is 1. The summed E-state index contributed by atoms with van der Waals surface area (Å²) >= 11 is 1.74. The number of benzene rings is 1. The molecular weight excluding hydrogens is 244 g/mol. The van der Waals surface area contributed by atoms with E-state index in [0.717, 1.165) is 23.7 Å². The zero-order chi connectivity index (χ0) is 12.5. The maximum atomic E-state index is 5.99. The van der Waals surface area contributed by atoms with E-state index in [1.165, 1.54) is 4.70 Å². The number of aromatic nitrogens is 1. The van der Waals surface area contributed by atoms with Crippen molar-refractivity contribution in [3.05, 3.63) is 29.3 Å². The summed E-state index contributed by atoms with van der Waals surface area (Å²) in [6, 6.07) is 8.77. The summed E-state index contributed by atoms with van der Waals surface area (Å²) in [5.74, 6) is 0.546. The van der Waals surface area contributed by atoms with Crippen molar-refractivity contribution in [2.75, 3.05) is 13.2 Å². The van der Waals surface area contributed by atoms with Crippen molar-refractivity contribution in [1.29, 1.82) is 0 Å². The highest BCUT2D eigenvalue weighted by molar-refractivity contribution is 7.18. The second kappa shape index (κ2) is 4.96. The number of nitrogens with one attached hydrogen (secondary N) is 1. The molecule has 0 aliphatic carbocycles. The largest absolute Gasteiger partial charge is 0.369 e. The molecule has 0 saturated carbocycles. The van der Waals surface area contributed by atoms with E-state index in [0.29, 0.717) is 12.0 Å². The number of thiazole rings is 1. The summed E-state index contributed by atoms with van der Waals surface area (Å²) in [5.41, 5.74) is 1.08. The molecule has 1 aliphatic heterocycles. The SMILES string of the molecule is CC1COC(c2nc3ccccc3s2)CNC1C. The second-order valence-electron chi connectivity index (χ2n) is 5.02. The highest BCUT2D eigenvalue weighted by Crippen LogP contribution is 2.29. The minimum Gasteiger partial charge on any atom is -0.369 e. The first-order valence-corrected chi connectivity index (χ1v) is 7.26. The molecular formula is C14H18N2OS. The van der Waals surface area contributed by atoms with Crippen LogP contribution in [0.4, 0.5) is 0 Å². The lowest BCUT2D eigenvalue weighted by molar-refractivity contribution is 0.0496. The minimum atomic E-state index is 0.0924. The normalized spacial score (nSPS) is 29.3. The summed E-state index contributed by atoms with van der Waals surface area (Å²) in [6.45, 7) is 6.09. The van der Waals surface area contributed by atoms with E-state index in [9.17, 15) is 0 Å². The third kappa shape index (κ3) is 2.28. The Labute approximate surface area is 111 Å². The van der Waals surface area contributed by atoms with E-state index >= 15 is 0 Å². The van der Waals surface area contributed by atoms with Crippen LogP contribution in [-0.4, -0.2) is 24.2 Å². The lowest BCUT2D eigenvalue weighted by Gasteiger charge is -2.15. The van der Waals surface area contributed by atoms with Crippen molar-refractivity contribution < 1.29 is 4.74 Å². The molecule has 3 rings (SSSR count). The summed E-state index contributed by atoms with van der Waals surface area (Å²) in [6.07, 6.45) is 0.0924. The monoisotopic (exact) mass is 262 g/mol. The lowest BCUT2D eigenvalue weighted by atomic mass is 10.1. The molecule has 3 nitrogen and oxygen atoms in total. The van der Waals surface area contributed by atoms with Gasteiger partial charge in [-0.1, -0.05) is 19.1 Å². The van der Waals surface area contributed by atoms with E-state index in [4.69, 9.17) is 4.74 Å². The van der Waals surface area contributed by atoms with Gasteiger partial charge in [-0.15, -0.1) is 11.3 Å². The number of ether oxygens (including phenoxy) is 1. The van der Waals surface area contributed by atoms with Gasteiger partial charge in [-0.3, -0.25) is 0 Å². The van der Waals surface area contributed by atoms with Gasteiger partial charge < -0.3 is 10.1 Å². The third-order valence-corrected chi connectivity index (χ3v) is 4.75. The Morgan fingerprint density at radius 3 is 3.00 bits per heavy atom. The van der Waals surface area contributed by atoms with E-state index in [1.54, 1.807) is 11.3 Å². The molecule has 0 spiro atoms. The lowest BCUT2D eigenvalue weighted by Crippen LogP contribution is -2.32. The smallest absolute Gasteiger partial charge is 0.124 e. The van der Waals surface area contributed by atoms with Gasteiger partial charge in [0.15, 0.2) is 0 Å². The fourth-order valence-corrected chi connectivity index (χ4v) is 3.17. The molecule has 0 amide bonds. The molecule has 18 heavy (non-hydrogen) atoms. The number of nitrogens with zero attached hydrogens (tertiary/aromatic N) is 1. The van der Waals surface area contributed by atoms with Gasteiger partial charge in [0.1, 0.15) is 11.1 Å². The van der Waals surface area contributed by atoms with Crippen molar-refractivity contribution in [3.8, 4) is 0 Å². The molecule has 1 saturated heterocycles. The fraction of sp³-hybridized carbons (Fsp3) is 0.500. The minimum absolute atomic E-state index is 0.0924. The Kier molecular flexibility index (Phi) is 3.33. The van der Waals surface area contributed by atoms with Crippen LogP contribution in [0.2, 0.25) is 0 Å².